The molecule has 0 aliphatic carbocycles. The van der Waals surface area contributed by atoms with Crippen molar-refractivity contribution < 1.29 is 23.4 Å². The third-order valence-corrected chi connectivity index (χ3v) is 8.05. The standard InChI is InChI=1S/C29H26ClNO5S/c30-25-3-1-2-24(18-25)28(32)19-31-17-16-20-4-12-26(13-5-20)37(35,36)27-14-10-22(11-15-27)21-6-8-23(9-7-21)29(33)34/h1-15,18,28,31-32H,16-17,19H2,(H,33,34)/t28-/m0/s1. The molecular weight excluding hydrogens is 510 g/mol. The monoisotopic (exact) mass is 535 g/mol. The number of hydrogen-bond acceptors (Lipinski definition) is 5. The topological polar surface area (TPSA) is 104 Å². The summed E-state index contributed by atoms with van der Waals surface area (Å²) in [6.45, 7) is 1.01. The minimum Gasteiger partial charge on any atom is -0.478 e. The van der Waals surface area contributed by atoms with Crippen LogP contribution in [0.25, 0.3) is 11.1 Å². The molecule has 0 bridgehead atoms. The third-order valence-electron chi connectivity index (χ3n) is 6.03. The first kappa shape index (κ1) is 26.6. The first-order chi connectivity index (χ1) is 17.7. The molecule has 190 valence electrons. The molecule has 0 aromatic heterocycles. The summed E-state index contributed by atoms with van der Waals surface area (Å²) in [6.07, 6.45) is 0.0134. The highest BCUT2D eigenvalue weighted by Gasteiger charge is 2.17. The fourth-order valence-electron chi connectivity index (χ4n) is 3.91. The quantitative estimate of drug-likeness (QED) is 0.235. The maximum atomic E-state index is 13.1. The van der Waals surface area contributed by atoms with Gasteiger partial charge in [-0.3, -0.25) is 0 Å². The van der Waals surface area contributed by atoms with Gasteiger partial charge in [0.1, 0.15) is 0 Å². The normalized spacial score (nSPS) is 12.3. The zero-order valence-electron chi connectivity index (χ0n) is 19.8. The number of halogens is 1. The van der Waals surface area contributed by atoms with Crippen molar-refractivity contribution in [1.29, 1.82) is 0 Å². The van der Waals surface area contributed by atoms with Crippen molar-refractivity contribution >= 4 is 27.4 Å². The Morgan fingerprint density at radius 2 is 1.41 bits per heavy atom. The van der Waals surface area contributed by atoms with Gasteiger partial charge in [0.05, 0.1) is 21.5 Å². The van der Waals surface area contributed by atoms with E-state index in [1.165, 1.54) is 12.1 Å². The Labute approximate surface area is 221 Å². The van der Waals surface area contributed by atoms with Gasteiger partial charge < -0.3 is 15.5 Å². The molecule has 4 rings (SSSR count). The Morgan fingerprint density at radius 1 is 0.838 bits per heavy atom. The average Bonchev–Trinajstić information content (AvgIpc) is 2.91. The van der Waals surface area contributed by atoms with Gasteiger partial charge in [-0.1, -0.05) is 60.1 Å². The van der Waals surface area contributed by atoms with Crippen LogP contribution in [0.1, 0.15) is 27.6 Å². The molecule has 1 atom stereocenters. The molecule has 0 amide bonds. The van der Waals surface area contributed by atoms with Crippen molar-refractivity contribution in [1.82, 2.24) is 5.32 Å². The van der Waals surface area contributed by atoms with Crippen LogP contribution in [0.2, 0.25) is 5.02 Å². The lowest BCUT2D eigenvalue weighted by Gasteiger charge is -2.13. The van der Waals surface area contributed by atoms with Gasteiger partial charge in [-0.05, 0) is 83.8 Å². The first-order valence-electron chi connectivity index (χ1n) is 11.7. The smallest absolute Gasteiger partial charge is 0.335 e. The summed E-state index contributed by atoms with van der Waals surface area (Å²) in [7, 11) is -3.68. The molecule has 0 unspecified atom stereocenters. The summed E-state index contributed by atoms with van der Waals surface area (Å²) in [5, 5.41) is 23.1. The number of aliphatic hydroxyl groups excluding tert-OH is 1. The van der Waals surface area contributed by atoms with Crippen molar-refractivity contribution in [2.75, 3.05) is 13.1 Å². The molecule has 0 radical (unpaired) electrons. The summed E-state index contributed by atoms with van der Waals surface area (Å²) in [4.78, 5) is 11.4. The van der Waals surface area contributed by atoms with Crippen molar-refractivity contribution in [2.45, 2.75) is 22.3 Å². The summed E-state index contributed by atoms with van der Waals surface area (Å²) >= 11 is 5.97. The van der Waals surface area contributed by atoms with Gasteiger partial charge in [-0.15, -0.1) is 0 Å². The lowest BCUT2D eigenvalue weighted by Crippen LogP contribution is -2.23. The van der Waals surface area contributed by atoms with Crippen LogP contribution in [0.4, 0.5) is 0 Å². The SMILES string of the molecule is O=C(O)c1ccc(-c2ccc(S(=O)(=O)c3ccc(CCNC[C@H](O)c4cccc(Cl)c4)cc3)cc2)cc1. The molecular formula is C29H26ClNO5S. The Morgan fingerprint density at radius 3 is 1.97 bits per heavy atom. The van der Waals surface area contributed by atoms with E-state index in [-0.39, 0.29) is 15.4 Å². The average molecular weight is 536 g/mol. The van der Waals surface area contributed by atoms with E-state index >= 15 is 0 Å². The van der Waals surface area contributed by atoms with Crippen LogP contribution in [-0.2, 0) is 16.3 Å². The second-order valence-electron chi connectivity index (χ2n) is 8.58. The van der Waals surface area contributed by atoms with Crippen LogP contribution >= 0.6 is 11.6 Å². The summed E-state index contributed by atoms with van der Waals surface area (Å²) in [5.41, 5.74) is 3.51. The number of nitrogens with one attached hydrogen (secondary N) is 1. The van der Waals surface area contributed by atoms with Gasteiger partial charge in [0.25, 0.3) is 0 Å². The van der Waals surface area contributed by atoms with Gasteiger partial charge in [0, 0.05) is 11.6 Å². The number of hydrogen-bond donors (Lipinski definition) is 3. The predicted molar refractivity (Wildman–Crippen MR) is 144 cm³/mol. The molecule has 0 aliphatic rings. The Kier molecular flexibility index (Phi) is 8.41. The highest BCUT2D eigenvalue weighted by Crippen LogP contribution is 2.26. The van der Waals surface area contributed by atoms with E-state index in [2.05, 4.69) is 5.32 Å². The molecule has 0 spiro atoms. The van der Waals surface area contributed by atoms with Crippen molar-refractivity contribution in [3.8, 4) is 11.1 Å². The molecule has 6 nitrogen and oxygen atoms in total. The van der Waals surface area contributed by atoms with Crippen LogP contribution in [0.15, 0.2) is 107 Å². The van der Waals surface area contributed by atoms with Crippen LogP contribution < -0.4 is 5.32 Å². The summed E-state index contributed by atoms with van der Waals surface area (Å²) in [6, 6.07) is 26.8. The molecule has 4 aromatic rings. The third kappa shape index (κ3) is 6.64. The number of carboxylic acid groups (broad SMARTS) is 1. The minimum atomic E-state index is -3.68. The maximum Gasteiger partial charge on any atom is 0.335 e. The van der Waals surface area contributed by atoms with Crippen LogP contribution in [0.3, 0.4) is 0 Å². The number of aromatic carboxylic acids is 1. The number of carbonyl (C=O) groups is 1. The zero-order chi connectivity index (χ0) is 26.4. The van der Waals surface area contributed by atoms with Crippen LogP contribution in [0, 0.1) is 0 Å². The van der Waals surface area contributed by atoms with E-state index in [1.807, 2.05) is 6.07 Å². The van der Waals surface area contributed by atoms with E-state index in [4.69, 9.17) is 16.7 Å². The summed E-state index contributed by atoms with van der Waals surface area (Å²) in [5.74, 6) is -0.997. The van der Waals surface area contributed by atoms with Crippen molar-refractivity contribution in [3.05, 3.63) is 119 Å². The number of benzene rings is 4. The van der Waals surface area contributed by atoms with Crippen LogP contribution in [-0.4, -0.2) is 37.7 Å². The number of sulfone groups is 1. The molecule has 3 N–H and O–H groups in total. The fraction of sp³-hybridized carbons (Fsp3) is 0.138. The molecule has 0 saturated heterocycles. The van der Waals surface area contributed by atoms with E-state index in [0.29, 0.717) is 24.5 Å². The van der Waals surface area contributed by atoms with Gasteiger partial charge in [-0.25, -0.2) is 13.2 Å². The molecule has 0 fully saturated rings. The van der Waals surface area contributed by atoms with Crippen LogP contribution in [0.5, 0.6) is 0 Å². The largest absolute Gasteiger partial charge is 0.478 e. The number of rotatable bonds is 10. The molecule has 0 saturated carbocycles. The Bertz CT molecular complexity index is 1470. The van der Waals surface area contributed by atoms with Crippen molar-refractivity contribution in [3.63, 3.8) is 0 Å². The lowest BCUT2D eigenvalue weighted by atomic mass is 10.0. The molecule has 0 aliphatic heterocycles. The molecule has 8 heteroatoms. The molecule has 37 heavy (non-hydrogen) atoms. The zero-order valence-corrected chi connectivity index (χ0v) is 21.4. The van der Waals surface area contributed by atoms with E-state index < -0.39 is 21.9 Å². The lowest BCUT2D eigenvalue weighted by molar-refractivity contribution is 0.0697. The van der Waals surface area contributed by atoms with Gasteiger partial charge in [0.2, 0.25) is 9.84 Å². The first-order valence-corrected chi connectivity index (χ1v) is 13.5. The highest BCUT2D eigenvalue weighted by molar-refractivity contribution is 7.91. The minimum absolute atomic E-state index is 0.183. The fourth-order valence-corrected chi connectivity index (χ4v) is 5.37. The highest BCUT2D eigenvalue weighted by atomic mass is 35.5. The molecule has 0 heterocycles. The van der Waals surface area contributed by atoms with E-state index in [9.17, 15) is 18.3 Å². The van der Waals surface area contributed by atoms with Gasteiger partial charge >= 0.3 is 5.97 Å². The van der Waals surface area contributed by atoms with Crippen molar-refractivity contribution in [2.24, 2.45) is 0 Å². The predicted octanol–water partition coefficient (Wildman–Crippen LogP) is 5.40. The Hall–Kier alpha value is -3.49. The maximum absolute atomic E-state index is 13.1. The Balaban J connectivity index is 1.34. The second kappa shape index (κ2) is 11.7. The second-order valence-corrected chi connectivity index (χ2v) is 11.0. The van der Waals surface area contributed by atoms with Gasteiger partial charge in [-0.2, -0.15) is 0 Å². The van der Waals surface area contributed by atoms with Gasteiger partial charge in [0.15, 0.2) is 0 Å². The van der Waals surface area contributed by atoms with E-state index in [1.54, 1.807) is 78.9 Å². The number of aliphatic hydroxyl groups is 1. The van der Waals surface area contributed by atoms with E-state index in [0.717, 1.165) is 22.3 Å². The molecule has 4 aromatic carbocycles. The summed E-state index contributed by atoms with van der Waals surface area (Å²) < 4.78 is 26.2. The number of carboxylic acids is 1.